The number of methoxy groups -OCH3 is 1. The van der Waals surface area contributed by atoms with E-state index >= 15 is 0 Å². The molecule has 4 aromatic rings. The molecule has 3 aromatic carbocycles. The predicted molar refractivity (Wildman–Crippen MR) is 144 cm³/mol. The van der Waals surface area contributed by atoms with Crippen LogP contribution in [0.2, 0.25) is 0 Å². The molecule has 204 valence electrons. The lowest BCUT2D eigenvalue weighted by molar-refractivity contribution is -0.137. The number of amides is 1. The molecule has 2 heterocycles. The molecule has 0 aliphatic carbocycles. The molecule has 0 saturated carbocycles. The van der Waals surface area contributed by atoms with Crippen molar-refractivity contribution in [2.24, 2.45) is 0 Å². The lowest BCUT2D eigenvalue weighted by Crippen LogP contribution is -2.30. The molecule has 1 aromatic heterocycles. The second-order valence-electron chi connectivity index (χ2n) is 9.20. The van der Waals surface area contributed by atoms with Gasteiger partial charge in [0.25, 0.3) is 5.91 Å². The van der Waals surface area contributed by atoms with Crippen molar-refractivity contribution in [2.75, 3.05) is 7.11 Å². The molecule has 10 heteroatoms. The van der Waals surface area contributed by atoms with Crippen LogP contribution in [-0.4, -0.2) is 33.8 Å². The van der Waals surface area contributed by atoms with Gasteiger partial charge in [-0.3, -0.25) is 9.59 Å². The van der Waals surface area contributed by atoms with Gasteiger partial charge in [-0.15, -0.1) is 11.3 Å². The average Bonchev–Trinajstić information content (AvgIpc) is 3.46. The number of rotatable bonds is 7. The van der Waals surface area contributed by atoms with Crippen LogP contribution in [-0.2, 0) is 17.5 Å². The molecule has 0 bridgehead atoms. The quantitative estimate of drug-likeness (QED) is 0.247. The summed E-state index contributed by atoms with van der Waals surface area (Å²) in [5, 5.41) is 11.6. The van der Waals surface area contributed by atoms with E-state index < -0.39 is 35.2 Å². The van der Waals surface area contributed by atoms with Gasteiger partial charge < -0.3 is 14.7 Å². The van der Waals surface area contributed by atoms with Crippen molar-refractivity contribution in [3.63, 3.8) is 0 Å². The maximum atomic E-state index is 14.0. The number of halogens is 3. The molecule has 0 saturated heterocycles. The summed E-state index contributed by atoms with van der Waals surface area (Å²) in [6, 6.07) is 19.5. The molecule has 6 nitrogen and oxygen atoms in total. The smallest absolute Gasteiger partial charge is 0.416 e. The fraction of sp³-hybridized carbons (Fsp3) is 0.167. The highest BCUT2D eigenvalue weighted by atomic mass is 32.1. The summed E-state index contributed by atoms with van der Waals surface area (Å²) in [6.07, 6.45) is -4.57. The van der Waals surface area contributed by atoms with Gasteiger partial charge in [-0.2, -0.15) is 13.2 Å². The molecule has 5 rings (SSSR count). The Morgan fingerprint density at radius 3 is 2.48 bits per heavy atom. The third kappa shape index (κ3) is 5.10. The van der Waals surface area contributed by atoms with Gasteiger partial charge in [0, 0.05) is 12.1 Å². The first-order valence-electron chi connectivity index (χ1n) is 12.2. The van der Waals surface area contributed by atoms with E-state index in [4.69, 9.17) is 4.74 Å². The highest BCUT2D eigenvalue weighted by Crippen LogP contribution is 2.42. The van der Waals surface area contributed by atoms with Gasteiger partial charge in [-0.25, -0.2) is 4.98 Å². The lowest BCUT2D eigenvalue weighted by atomic mass is 9.94. The molecule has 1 aliphatic heterocycles. The summed E-state index contributed by atoms with van der Waals surface area (Å²) in [4.78, 5) is 33.3. The molecule has 0 radical (unpaired) electrons. The SMILES string of the molecule is COc1cccc(C2C(C(=O)c3sc(-c4ccccc4)nc3C)=C(O)C(=O)N2Cc2cccc(C(F)(F)F)c2)c1. The largest absolute Gasteiger partial charge is 0.503 e. The molecule has 1 atom stereocenters. The highest BCUT2D eigenvalue weighted by molar-refractivity contribution is 7.17. The van der Waals surface area contributed by atoms with Gasteiger partial charge in [-0.1, -0.05) is 54.6 Å². The van der Waals surface area contributed by atoms with Gasteiger partial charge in [0.1, 0.15) is 10.8 Å². The number of alkyl halides is 3. The number of benzene rings is 3. The Labute approximate surface area is 232 Å². The van der Waals surface area contributed by atoms with Crippen LogP contribution in [0.5, 0.6) is 5.75 Å². The minimum absolute atomic E-state index is 0.170. The standard InChI is InChI=1S/C30H23F3N2O4S/c1-17-27(40-28(34-17)19-9-4-3-5-10-19)25(36)23-24(20-11-7-13-22(15-20)39-2)35(29(38)26(23)37)16-18-8-6-12-21(14-18)30(31,32)33/h3-15,24,37H,16H2,1-2H3. The van der Waals surface area contributed by atoms with Crippen molar-refractivity contribution >= 4 is 23.0 Å². The van der Waals surface area contributed by atoms with Crippen LogP contribution in [0.4, 0.5) is 13.2 Å². The third-order valence-corrected chi connectivity index (χ3v) is 7.79. The van der Waals surface area contributed by atoms with Crippen LogP contribution in [0, 0.1) is 6.92 Å². The van der Waals surface area contributed by atoms with E-state index in [2.05, 4.69) is 4.98 Å². The summed E-state index contributed by atoms with van der Waals surface area (Å²) in [5.74, 6) is -1.75. The maximum Gasteiger partial charge on any atom is 0.416 e. The number of aryl methyl sites for hydroxylation is 1. The Bertz CT molecular complexity index is 1630. The molecule has 1 aliphatic rings. The summed E-state index contributed by atoms with van der Waals surface area (Å²) in [7, 11) is 1.46. The van der Waals surface area contributed by atoms with E-state index in [0.29, 0.717) is 22.0 Å². The zero-order valence-corrected chi connectivity index (χ0v) is 22.2. The third-order valence-electron chi connectivity index (χ3n) is 6.59. The number of thiazole rings is 1. The topological polar surface area (TPSA) is 79.7 Å². The number of hydrogen-bond donors (Lipinski definition) is 1. The number of ether oxygens (including phenoxy) is 1. The molecule has 0 fully saturated rings. The Balaban J connectivity index is 1.58. The van der Waals surface area contributed by atoms with Crippen molar-refractivity contribution in [3.8, 4) is 16.3 Å². The Hall–Kier alpha value is -4.44. The number of ketones is 1. The van der Waals surface area contributed by atoms with Crippen molar-refractivity contribution in [1.82, 2.24) is 9.88 Å². The van der Waals surface area contributed by atoms with Crippen LogP contribution in [0.15, 0.2) is 90.2 Å². The lowest BCUT2D eigenvalue weighted by Gasteiger charge is -2.27. The number of carbonyl (C=O) groups is 2. The average molecular weight is 565 g/mol. The number of aliphatic hydroxyl groups excluding tert-OH is 1. The molecule has 1 unspecified atom stereocenters. The van der Waals surface area contributed by atoms with Crippen molar-refractivity contribution in [1.29, 1.82) is 0 Å². The van der Waals surface area contributed by atoms with Crippen molar-refractivity contribution in [2.45, 2.75) is 25.7 Å². The number of nitrogens with zero attached hydrogens (tertiary/aromatic N) is 2. The number of aromatic nitrogens is 1. The second-order valence-corrected chi connectivity index (χ2v) is 10.2. The zero-order chi connectivity index (χ0) is 28.6. The van der Waals surface area contributed by atoms with Gasteiger partial charge >= 0.3 is 6.18 Å². The monoisotopic (exact) mass is 564 g/mol. The number of carbonyl (C=O) groups excluding carboxylic acids is 2. The first kappa shape index (κ1) is 27.1. The summed E-state index contributed by atoms with van der Waals surface area (Å²) in [5.41, 5.74) is 0.858. The number of Topliss-reactive ketones (excluding diaryl/α,β-unsaturated/α-hetero) is 1. The molecule has 1 N–H and O–H groups in total. The fourth-order valence-corrected chi connectivity index (χ4v) is 5.71. The van der Waals surface area contributed by atoms with Crippen LogP contribution < -0.4 is 4.74 Å². The van der Waals surface area contributed by atoms with E-state index in [0.717, 1.165) is 29.0 Å². The molecule has 1 amide bonds. The summed E-state index contributed by atoms with van der Waals surface area (Å²) in [6.45, 7) is 1.40. The van der Waals surface area contributed by atoms with E-state index in [-0.39, 0.29) is 22.6 Å². The van der Waals surface area contributed by atoms with E-state index in [1.54, 1.807) is 31.2 Å². The minimum atomic E-state index is -4.57. The van der Waals surface area contributed by atoms with E-state index in [1.807, 2.05) is 30.3 Å². The van der Waals surface area contributed by atoms with Gasteiger partial charge in [0.15, 0.2) is 5.76 Å². The van der Waals surface area contributed by atoms with Crippen LogP contribution in [0.25, 0.3) is 10.6 Å². The Morgan fingerprint density at radius 2 is 1.77 bits per heavy atom. The Morgan fingerprint density at radius 1 is 1.05 bits per heavy atom. The minimum Gasteiger partial charge on any atom is -0.503 e. The number of aliphatic hydroxyl groups is 1. The first-order valence-corrected chi connectivity index (χ1v) is 13.0. The Kier molecular flexibility index (Phi) is 7.20. The van der Waals surface area contributed by atoms with E-state index in [1.165, 1.54) is 24.1 Å². The molecular weight excluding hydrogens is 541 g/mol. The molecular formula is C30H23F3N2O4S. The van der Waals surface area contributed by atoms with Gasteiger partial charge in [-0.05, 0) is 42.3 Å². The van der Waals surface area contributed by atoms with Crippen molar-refractivity contribution in [3.05, 3.63) is 117 Å². The number of hydrogen-bond acceptors (Lipinski definition) is 6. The first-order chi connectivity index (χ1) is 19.1. The molecule has 0 spiro atoms. The van der Waals surface area contributed by atoms with Gasteiger partial charge in [0.05, 0.1) is 34.9 Å². The fourth-order valence-electron chi connectivity index (χ4n) is 4.68. The second kappa shape index (κ2) is 10.6. The zero-order valence-electron chi connectivity index (χ0n) is 21.4. The van der Waals surface area contributed by atoms with Crippen LogP contribution >= 0.6 is 11.3 Å². The normalized spacial score (nSPS) is 15.6. The van der Waals surface area contributed by atoms with Crippen LogP contribution in [0.3, 0.4) is 0 Å². The highest BCUT2D eigenvalue weighted by Gasteiger charge is 2.45. The maximum absolute atomic E-state index is 14.0. The van der Waals surface area contributed by atoms with Crippen LogP contribution in [0.1, 0.15) is 38.1 Å². The van der Waals surface area contributed by atoms with Crippen molar-refractivity contribution < 1.29 is 32.6 Å². The van der Waals surface area contributed by atoms with E-state index in [9.17, 15) is 27.9 Å². The summed E-state index contributed by atoms with van der Waals surface area (Å²) < 4.78 is 45.4. The van der Waals surface area contributed by atoms with Gasteiger partial charge in [0.2, 0.25) is 5.78 Å². The predicted octanol–water partition coefficient (Wildman–Crippen LogP) is 6.92. The molecule has 40 heavy (non-hydrogen) atoms. The summed E-state index contributed by atoms with van der Waals surface area (Å²) >= 11 is 1.14.